The van der Waals surface area contributed by atoms with Gasteiger partial charge in [0.05, 0.1) is 0 Å². The van der Waals surface area contributed by atoms with Gasteiger partial charge in [-0.3, -0.25) is 9.59 Å². The minimum absolute atomic E-state index is 0.240. The van der Waals surface area contributed by atoms with Gasteiger partial charge in [-0.25, -0.2) is 0 Å². The fraction of sp³-hybridized carbons (Fsp3) is 0.875. The molecular weight excluding hydrogens is 254 g/mol. The number of amides is 1. The van der Waals surface area contributed by atoms with Crippen LogP contribution in [0.1, 0.15) is 89.9 Å². The van der Waals surface area contributed by atoms with Gasteiger partial charge in [-0.15, -0.1) is 0 Å². The first kappa shape index (κ1) is 18.9. The number of primary amides is 1. The molecular formula is C16H31NO3. The van der Waals surface area contributed by atoms with Gasteiger partial charge in [0.15, 0.2) is 0 Å². The van der Waals surface area contributed by atoms with Crippen molar-refractivity contribution in [3.05, 3.63) is 0 Å². The smallest absolute Gasteiger partial charge is 0.303 e. The number of unbranched alkanes of at least 4 members (excludes halogenated alkanes) is 5. The Morgan fingerprint density at radius 1 is 0.700 bits per heavy atom. The van der Waals surface area contributed by atoms with Crippen molar-refractivity contribution in [2.75, 3.05) is 0 Å². The second kappa shape index (κ2) is 14.4. The lowest BCUT2D eigenvalue weighted by molar-refractivity contribution is -0.137. The van der Waals surface area contributed by atoms with Crippen molar-refractivity contribution < 1.29 is 14.7 Å². The first-order valence-electron chi connectivity index (χ1n) is 8.13. The number of carbonyl (C=O) groups is 2. The van der Waals surface area contributed by atoms with Crippen LogP contribution in [-0.2, 0) is 9.59 Å². The van der Waals surface area contributed by atoms with E-state index in [4.69, 9.17) is 10.8 Å². The number of rotatable bonds is 9. The van der Waals surface area contributed by atoms with Crippen LogP contribution in [0.4, 0.5) is 0 Å². The normalized spacial score (nSPS) is 14.2. The first-order chi connectivity index (χ1) is 9.63. The molecule has 0 radical (unpaired) electrons. The SMILES string of the molecule is C1CCCCC1.NC(=O)CCCCCCCCC(=O)O. The average Bonchev–Trinajstić information content (AvgIpc) is 2.44. The molecule has 20 heavy (non-hydrogen) atoms. The van der Waals surface area contributed by atoms with Gasteiger partial charge in [-0.1, -0.05) is 64.2 Å². The minimum atomic E-state index is -0.723. The van der Waals surface area contributed by atoms with E-state index in [1.54, 1.807) is 0 Å². The maximum Gasteiger partial charge on any atom is 0.303 e. The first-order valence-corrected chi connectivity index (χ1v) is 8.13. The van der Waals surface area contributed by atoms with Crippen molar-refractivity contribution in [2.24, 2.45) is 5.73 Å². The maximum absolute atomic E-state index is 10.4. The summed E-state index contributed by atoms with van der Waals surface area (Å²) >= 11 is 0. The number of hydrogen-bond donors (Lipinski definition) is 2. The molecule has 1 amide bonds. The lowest BCUT2D eigenvalue weighted by Crippen LogP contribution is -2.09. The third kappa shape index (κ3) is 16.9. The Balaban J connectivity index is 0.000000493. The Morgan fingerprint density at radius 3 is 1.40 bits per heavy atom. The second-order valence-electron chi connectivity index (χ2n) is 5.60. The molecule has 1 fully saturated rings. The number of hydrogen-bond acceptors (Lipinski definition) is 2. The molecule has 0 spiro atoms. The van der Waals surface area contributed by atoms with Crippen LogP contribution in [0.5, 0.6) is 0 Å². The van der Waals surface area contributed by atoms with Gasteiger partial charge >= 0.3 is 5.97 Å². The highest BCUT2D eigenvalue weighted by Crippen LogP contribution is 2.15. The van der Waals surface area contributed by atoms with E-state index in [1.807, 2.05) is 0 Å². The predicted octanol–water partition coefficient (Wildman–Crippen LogP) is 4.02. The quantitative estimate of drug-likeness (QED) is 0.628. The Bertz CT molecular complexity index is 219. The highest BCUT2D eigenvalue weighted by atomic mass is 16.4. The largest absolute Gasteiger partial charge is 0.481 e. The van der Waals surface area contributed by atoms with Crippen molar-refractivity contribution in [1.29, 1.82) is 0 Å². The van der Waals surface area contributed by atoms with E-state index in [9.17, 15) is 9.59 Å². The monoisotopic (exact) mass is 285 g/mol. The summed E-state index contributed by atoms with van der Waals surface area (Å²) in [7, 11) is 0. The van der Waals surface area contributed by atoms with Crippen LogP contribution in [-0.4, -0.2) is 17.0 Å². The molecule has 1 aliphatic carbocycles. The van der Waals surface area contributed by atoms with Gasteiger partial charge in [0.1, 0.15) is 0 Å². The van der Waals surface area contributed by atoms with Crippen molar-refractivity contribution in [1.82, 2.24) is 0 Å². The zero-order valence-electron chi connectivity index (χ0n) is 12.7. The number of carboxylic acid groups (broad SMARTS) is 1. The van der Waals surface area contributed by atoms with Crippen molar-refractivity contribution in [3.8, 4) is 0 Å². The molecule has 4 heteroatoms. The average molecular weight is 285 g/mol. The van der Waals surface area contributed by atoms with E-state index in [2.05, 4.69) is 0 Å². The zero-order chi connectivity index (χ0) is 15.1. The molecule has 0 atom stereocenters. The Labute approximate surface area is 123 Å². The summed E-state index contributed by atoms with van der Waals surface area (Å²) in [6.07, 6.45) is 15.4. The van der Waals surface area contributed by atoms with Crippen molar-refractivity contribution >= 4 is 11.9 Å². The number of nitrogens with two attached hydrogens (primary N) is 1. The molecule has 1 saturated carbocycles. The topological polar surface area (TPSA) is 80.4 Å². The number of aliphatic carboxylic acids is 1. The summed E-state index contributed by atoms with van der Waals surface area (Å²) < 4.78 is 0. The van der Waals surface area contributed by atoms with Crippen LogP contribution in [0.3, 0.4) is 0 Å². The molecule has 0 saturated heterocycles. The molecule has 0 bridgehead atoms. The maximum atomic E-state index is 10.4. The van der Waals surface area contributed by atoms with Crippen molar-refractivity contribution in [3.63, 3.8) is 0 Å². The van der Waals surface area contributed by atoms with Crippen LogP contribution >= 0.6 is 0 Å². The fourth-order valence-electron chi connectivity index (χ4n) is 2.34. The van der Waals surface area contributed by atoms with Crippen LogP contribution in [0, 0.1) is 0 Å². The van der Waals surface area contributed by atoms with Crippen molar-refractivity contribution in [2.45, 2.75) is 89.9 Å². The third-order valence-electron chi connectivity index (χ3n) is 3.56. The van der Waals surface area contributed by atoms with Crippen LogP contribution in [0.15, 0.2) is 0 Å². The molecule has 118 valence electrons. The van der Waals surface area contributed by atoms with E-state index < -0.39 is 5.97 Å². The van der Waals surface area contributed by atoms with Crippen LogP contribution in [0.25, 0.3) is 0 Å². The van der Waals surface area contributed by atoms with Gasteiger partial charge in [-0.05, 0) is 12.8 Å². The van der Waals surface area contributed by atoms with Gasteiger partial charge in [-0.2, -0.15) is 0 Å². The van der Waals surface area contributed by atoms with Gasteiger partial charge in [0.25, 0.3) is 0 Å². The van der Waals surface area contributed by atoms with Gasteiger partial charge < -0.3 is 10.8 Å². The molecule has 0 aliphatic heterocycles. The predicted molar refractivity (Wildman–Crippen MR) is 81.5 cm³/mol. The number of carbonyl (C=O) groups excluding carboxylic acids is 1. The summed E-state index contributed by atoms with van der Waals surface area (Å²) in [4.78, 5) is 20.5. The summed E-state index contributed by atoms with van der Waals surface area (Å²) in [5.74, 6) is -0.963. The molecule has 0 aromatic heterocycles. The third-order valence-corrected chi connectivity index (χ3v) is 3.56. The fourth-order valence-corrected chi connectivity index (χ4v) is 2.34. The molecule has 1 aliphatic rings. The molecule has 3 N–H and O–H groups in total. The highest BCUT2D eigenvalue weighted by Gasteiger charge is 1.97. The Kier molecular flexibility index (Phi) is 13.6. The van der Waals surface area contributed by atoms with E-state index in [-0.39, 0.29) is 12.3 Å². The standard InChI is InChI=1S/C10H19NO3.C6H12/c11-9(12)7-5-3-1-2-4-6-8-10(13)14;1-2-4-6-5-3-1/h1-8H2,(H2,11,12)(H,13,14);1-6H2. The molecule has 0 aromatic carbocycles. The van der Waals surface area contributed by atoms with E-state index in [0.717, 1.165) is 38.5 Å². The lowest BCUT2D eigenvalue weighted by Gasteiger charge is -2.05. The van der Waals surface area contributed by atoms with Crippen LogP contribution < -0.4 is 5.73 Å². The summed E-state index contributed by atoms with van der Waals surface area (Å²) in [5, 5.41) is 8.36. The Morgan fingerprint density at radius 2 is 1.05 bits per heavy atom. The van der Waals surface area contributed by atoms with E-state index in [0.29, 0.717) is 6.42 Å². The molecule has 0 aromatic rings. The zero-order valence-corrected chi connectivity index (χ0v) is 12.7. The highest BCUT2D eigenvalue weighted by molar-refractivity contribution is 5.73. The van der Waals surface area contributed by atoms with Gasteiger partial charge in [0.2, 0.25) is 5.91 Å². The molecule has 0 unspecified atom stereocenters. The summed E-state index contributed by atoms with van der Waals surface area (Å²) in [6, 6.07) is 0. The van der Waals surface area contributed by atoms with Gasteiger partial charge in [0, 0.05) is 12.8 Å². The molecule has 1 rings (SSSR count). The summed E-state index contributed by atoms with van der Waals surface area (Å²) in [6.45, 7) is 0. The molecule has 4 nitrogen and oxygen atoms in total. The van der Waals surface area contributed by atoms with E-state index in [1.165, 1.54) is 38.5 Å². The summed E-state index contributed by atoms with van der Waals surface area (Å²) in [5.41, 5.74) is 4.98. The minimum Gasteiger partial charge on any atom is -0.481 e. The lowest BCUT2D eigenvalue weighted by atomic mass is 10.0. The Hall–Kier alpha value is -1.06. The van der Waals surface area contributed by atoms with E-state index >= 15 is 0 Å². The molecule has 0 heterocycles. The van der Waals surface area contributed by atoms with Crippen LogP contribution in [0.2, 0.25) is 0 Å². The number of carboxylic acids is 1. The second-order valence-corrected chi connectivity index (χ2v) is 5.60.